The minimum absolute atomic E-state index is 0.0162. The molecule has 88 valence electrons. The Morgan fingerprint density at radius 3 is 1.93 bits per heavy atom. The molecule has 1 rings (SSSR count). The number of hydrogen-bond acceptors (Lipinski definition) is 3. The highest BCUT2D eigenvalue weighted by Crippen LogP contribution is 1.98. The Hall–Kier alpha value is 0.540. The summed E-state index contributed by atoms with van der Waals surface area (Å²) in [5.41, 5.74) is 0. The van der Waals surface area contributed by atoms with E-state index in [1.807, 2.05) is 0 Å². The highest BCUT2D eigenvalue weighted by molar-refractivity contribution is 9.19. The zero-order valence-electron chi connectivity index (χ0n) is 8.05. The highest BCUT2D eigenvalue weighted by atomic mass is 79.9. The van der Waals surface area contributed by atoms with Gasteiger partial charge in [0, 0.05) is 13.1 Å². The Labute approximate surface area is 114 Å². The number of morpholine rings is 1. The van der Waals surface area contributed by atoms with Crippen LogP contribution in [0.1, 0.15) is 0 Å². The summed E-state index contributed by atoms with van der Waals surface area (Å²) in [7, 11) is 0. The molecule has 7 heteroatoms. The number of carbonyl (C=O) groups is 2. The van der Waals surface area contributed by atoms with Crippen LogP contribution in [0.5, 0.6) is 0 Å². The number of rotatable bonds is 2. The second kappa shape index (κ2) is 9.74. The summed E-state index contributed by atoms with van der Waals surface area (Å²) in [6.07, 6.45) is 0. The van der Waals surface area contributed by atoms with Gasteiger partial charge in [-0.1, -0.05) is 31.9 Å². The van der Waals surface area contributed by atoms with Gasteiger partial charge in [-0.15, -0.1) is 0 Å². The lowest BCUT2D eigenvalue weighted by Gasteiger charge is -2.25. The van der Waals surface area contributed by atoms with Gasteiger partial charge in [0.2, 0.25) is 10.6 Å². The third-order valence-corrected chi connectivity index (χ3v) is 3.60. The SMILES string of the molecule is O=C(Br)CBr.O=C(CBr)N1CCOCC1. The largest absolute Gasteiger partial charge is 0.378 e. The van der Waals surface area contributed by atoms with Gasteiger partial charge in [0.1, 0.15) is 0 Å². The number of alkyl halides is 2. The van der Waals surface area contributed by atoms with Crippen molar-refractivity contribution in [2.45, 2.75) is 0 Å². The number of carbonyl (C=O) groups excluding carboxylic acids is 2. The Morgan fingerprint density at radius 2 is 1.60 bits per heavy atom. The van der Waals surface area contributed by atoms with Crippen LogP contribution < -0.4 is 0 Å². The molecule has 4 nitrogen and oxygen atoms in total. The number of hydrogen-bond donors (Lipinski definition) is 0. The fourth-order valence-corrected chi connectivity index (χ4v) is 1.25. The first-order chi connectivity index (χ1) is 7.11. The standard InChI is InChI=1S/C6H10BrNO2.C2H2Br2O/c7-5-6(9)8-1-3-10-4-2-8;3-1-2(4)5/h1-5H2;1H2. The van der Waals surface area contributed by atoms with E-state index in [1.165, 1.54) is 0 Å². The van der Waals surface area contributed by atoms with E-state index in [0.717, 1.165) is 13.1 Å². The fraction of sp³-hybridized carbons (Fsp3) is 0.750. The predicted octanol–water partition coefficient (Wildman–Crippen LogP) is 1.54. The summed E-state index contributed by atoms with van der Waals surface area (Å²) in [6.45, 7) is 2.84. The molecule has 1 amide bonds. The average molecular weight is 410 g/mol. The van der Waals surface area contributed by atoms with Crippen LogP contribution in [0.15, 0.2) is 0 Å². The molecular weight excluding hydrogens is 398 g/mol. The summed E-state index contributed by atoms with van der Waals surface area (Å²) < 4.78 is 5.07. The van der Waals surface area contributed by atoms with Crippen molar-refractivity contribution in [1.82, 2.24) is 4.90 Å². The normalized spacial score (nSPS) is 15.3. The molecule has 0 aromatic heterocycles. The molecule has 0 spiro atoms. The molecule has 0 aliphatic carbocycles. The van der Waals surface area contributed by atoms with E-state index in [0.29, 0.717) is 23.9 Å². The van der Waals surface area contributed by atoms with Crippen molar-refractivity contribution < 1.29 is 14.3 Å². The Morgan fingerprint density at radius 1 is 1.13 bits per heavy atom. The molecule has 15 heavy (non-hydrogen) atoms. The van der Waals surface area contributed by atoms with Gasteiger partial charge in [0.05, 0.1) is 23.9 Å². The first-order valence-corrected chi connectivity index (χ1v) is 7.31. The van der Waals surface area contributed by atoms with Crippen LogP contribution >= 0.6 is 47.8 Å². The fourth-order valence-electron chi connectivity index (χ4n) is 0.897. The maximum Gasteiger partial charge on any atom is 0.233 e. The molecule has 1 aliphatic rings. The van der Waals surface area contributed by atoms with Gasteiger partial charge in [-0.2, -0.15) is 0 Å². The second-order valence-corrected chi connectivity index (χ2v) is 4.62. The summed E-state index contributed by atoms with van der Waals surface area (Å²) in [4.78, 5) is 22.5. The average Bonchev–Trinajstić information content (AvgIpc) is 2.30. The molecule has 1 fully saturated rings. The molecule has 1 saturated heterocycles. The molecule has 0 aromatic carbocycles. The molecule has 0 aromatic rings. The number of ether oxygens (including phenoxy) is 1. The van der Waals surface area contributed by atoms with Gasteiger partial charge in [0.15, 0.2) is 0 Å². The lowest BCUT2D eigenvalue weighted by atomic mass is 10.4. The molecule has 0 unspecified atom stereocenters. The van der Waals surface area contributed by atoms with Crippen LogP contribution in [-0.2, 0) is 14.3 Å². The monoisotopic (exact) mass is 407 g/mol. The highest BCUT2D eigenvalue weighted by Gasteiger charge is 2.14. The minimum atomic E-state index is -0.0162. The van der Waals surface area contributed by atoms with Gasteiger partial charge < -0.3 is 9.64 Å². The minimum Gasteiger partial charge on any atom is -0.378 e. The van der Waals surface area contributed by atoms with E-state index in [1.54, 1.807) is 4.90 Å². The number of nitrogens with zero attached hydrogens (tertiary/aromatic N) is 1. The molecule has 0 N–H and O–H groups in total. The van der Waals surface area contributed by atoms with Crippen LogP contribution in [0.2, 0.25) is 0 Å². The molecule has 0 bridgehead atoms. The first-order valence-electron chi connectivity index (χ1n) is 4.27. The van der Waals surface area contributed by atoms with Gasteiger partial charge in [-0.05, 0) is 15.9 Å². The smallest absolute Gasteiger partial charge is 0.233 e. The van der Waals surface area contributed by atoms with E-state index in [9.17, 15) is 9.59 Å². The summed E-state index contributed by atoms with van der Waals surface area (Å²) in [5.74, 6) is 0.156. The van der Waals surface area contributed by atoms with Crippen molar-refractivity contribution in [1.29, 1.82) is 0 Å². The zero-order valence-corrected chi connectivity index (χ0v) is 12.8. The summed E-state index contributed by atoms with van der Waals surface area (Å²) in [6, 6.07) is 0. The van der Waals surface area contributed by atoms with Crippen molar-refractivity contribution in [2.75, 3.05) is 37.0 Å². The quantitative estimate of drug-likeness (QED) is 0.513. The maximum absolute atomic E-state index is 11.0. The van der Waals surface area contributed by atoms with E-state index < -0.39 is 0 Å². The maximum atomic E-state index is 11.0. The third-order valence-electron chi connectivity index (χ3n) is 1.58. The summed E-state index contributed by atoms with van der Waals surface area (Å²) >= 11 is 8.72. The first kappa shape index (κ1) is 15.5. The van der Waals surface area contributed by atoms with E-state index in [-0.39, 0.29) is 10.6 Å². The van der Waals surface area contributed by atoms with Crippen molar-refractivity contribution in [3.8, 4) is 0 Å². The van der Waals surface area contributed by atoms with Crippen LogP contribution in [0, 0.1) is 0 Å². The van der Waals surface area contributed by atoms with Crippen molar-refractivity contribution in [2.24, 2.45) is 0 Å². The molecule has 1 aliphatic heterocycles. The molecule has 1 heterocycles. The molecule has 0 saturated carbocycles. The van der Waals surface area contributed by atoms with Crippen LogP contribution in [0.4, 0.5) is 0 Å². The van der Waals surface area contributed by atoms with E-state index >= 15 is 0 Å². The van der Waals surface area contributed by atoms with Crippen LogP contribution in [0.3, 0.4) is 0 Å². The second-order valence-electron chi connectivity index (χ2n) is 2.62. The Kier molecular flexibility index (Phi) is 10.1. The van der Waals surface area contributed by atoms with Crippen molar-refractivity contribution in [3.05, 3.63) is 0 Å². The predicted molar refractivity (Wildman–Crippen MR) is 68.9 cm³/mol. The van der Waals surface area contributed by atoms with E-state index in [2.05, 4.69) is 47.8 Å². The van der Waals surface area contributed by atoms with Crippen molar-refractivity contribution in [3.63, 3.8) is 0 Å². The molecular formula is C8H12Br3NO3. The lowest BCUT2D eigenvalue weighted by molar-refractivity contribution is -0.132. The third kappa shape index (κ3) is 8.36. The van der Waals surface area contributed by atoms with Gasteiger partial charge in [-0.25, -0.2) is 0 Å². The summed E-state index contributed by atoms with van der Waals surface area (Å²) in [5, 5.41) is 0.819. The lowest BCUT2D eigenvalue weighted by Crippen LogP contribution is -2.41. The van der Waals surface area contributed by atoms with Gasteiger partial charge >= 0.3 is 0 Å². The molecule has 0 atom stereocenters. The van der Waals surface area contributed by atoms with Crippen LogP contribution in [0.25, 0.3) is 0 Å². The van der Waals surface area contributed by atoms with Crippen molar-refractivity contribution >= 4 is 58.4 Å². The molecule has 0 radical (unpaired) electrons. The zero-order chi connectivity index (χ0) is 11.7. The van der Waals surface area contributed by atoms with Gasteiger partial charge in [-0.3, -0.25) is 9.59 Å². The Bertz CT molecular complexity index is 207. The van der Waals surface area contributed by atoms with Gasteiger partial charge in [0.25, 0.3) is 0 Å². The topological polar surface area (TPSA) is 46.6 Å². The number of halogens is 3. The van der Waals surface area contributed by atoms with Crippen LogP contribution in [-0.4, -0.2) is 52.5 Å². The number of amides is 1. The van der Waals surface area contributed by atoms with E-state index in [4.69, 9.17) is 4.74 Å². The Balaban J connectivity index is 0.000000336.